The highest BCUT2D eigenvalue weighted by Crippen LogP contribution is 2.42. The molecule has 2 aliphatic carbocycles. The Hall–Kier alpha value is -2.33. The molecule has 3 aromatic rings. The van der Waals surface area contributed by atoms with Gasteiger partial charge in [-0.2, -0.15) is 0 Å². The number of pyridine rings is 1. The minimum absolute atomic E-state index is 0.742. The van der Waals surface area contributed by atoms with Crippen LogP contribution in [0.25, 0.3) is 21.8 Å². The van der Waals surface area contributed by atoms with E-state index in [1.807, 2.05) is 6.07 Å². The van der Waals surface area contributed by atoms with Crippen molar-refractivity contribution in [3.8, 4) is 5.75 Å². The van der Waals surface area contributed by atoms with Gasteiger partial charge in [-0.05, 0) is 93.3 Å². The second kappa shape index (κ2) is 9.04. The summed E-state index contributed by atoms with van der Waals surface area (Å²) >= 11 is 0. The number of rotatable bonds is 11. The fourth-order valence-corrected chi connectivity index (χ4v) is 4.65. The van der Waals surface area contributed by atoms with Crippen LogP contribution in [0.2, 0.25) is 0 Å². The van der Waals surface area contributed by atoms with E-state index in [4.69, 9.17) is 9.72 Å². The summed E-state index contributed by atoms with van der Waals surface area (Å²) in [5, 5.41) is 6.14. The number of unbranched alkanes of at least 4 members (excludes halogenated alkanes) is 1. The van der Waals surface area contributed by atoms with E-state index in [9.17, 15) is 0 Å². The summed E-state index contributed by atoms with van der Waals surface area (Å²) in [5.74, 6) is 2.60. The summed E-state index contributed by atoms with van der Waals surface area (Å²) in [6.07, 6.45) is 7.92. The Morgan fingerprint density at radius 3 is 2.61 bits per heavy atom. The number of nitrogens with zero attached hydrogens (tertiary/aromatic N) is 2. The molecule has 1 heterocycles. The number of benzene rings is 2. The summed E-state index contributed by atoms with van der Waals surface area (Å²) in [5.41, 5.74) is 4.78. The lowest BCUT2D eigenvalue weighted by atomic mass is 10.0. The third-order valence-electron chi connectivity index (χ3n) is 6.92. The third-order valence-corrected chi connectivity index (χ3v) is 6.92. The largest absolute Gasteiger partial charge is 0.497 e. The van der Waals surface area contributed by atoms with Crippen molar-refractivity contribution in [3.63, 3.8) is 0 Å². The van der Waals surface area contributed by atoms with Gasteiger partial charge in [0.1, 0.15) is 5.75 Å². The van der Waals surface area contributed by atoms with Crippen LogP contribution in [0.1, 0.15) is 56.9 Å². The Morgan fingerprint density at radius 2 is 1.87 bits per heavy atom. The zero-order chi connectivity index (χ0) is 21.2. The molecule has 0 aliphatic heterocycles. The summed E-state index contributed by atoms with van der Waals surface area (Å²) in [4.78, 5) is 7.62. The minimum atomic E-state index is 0.742. The Balaban J connectivity index is 1.34. The van der Waals surface area contributed by atoms with Gasteiger partial charge in [0.15, 0.2) is 0 Å². The molecule has 2 aliphatic rings. The van der Waals surface area contributed by atoms with E-state index in [0.717, 1.165) is 40.5 Å². The first-order valence-corrected chi connectivity index (χ1v) is 12.1. The van der Waals surface area contributed by atoms with Gasteiger partial charge in [0, 0.05) is 23.9 Å². The monoisotopic (exact) mass is 417 g/mol. The maximum atomic E-state index is 5.51. The summed E-state index contributed by atoms with van der Waals surface area (Å²) in [6, 6.07) is 13.1. The Kier molecular flexibility index (Phi) is 5.99. The van der Waals surface area contributed by atoms with Crippen molar-refractivity contribution >= 4 is 27.5 Å². The molecule has 0 spiro atoms. The van der Waals surface area contributed by atoms with Crippen molar-refractivity contribution in [1.82, 2.24) is 9.88 Å². The zero-order valence-corrected chi connectivity index (χ0v) is 19.0. The van der Waals surface area contributed by atoms with Crippen molar-refractivity contribution in [1.29, 1.82) is 0 Å². The van der Waals surface area contributed by atoms with E-state index in [-0.39, 0.29) is 0 Å². The molecule has 4 heteroatoms. The molecule has 5 rings (SSSR count). The first kappa shape index (κ1) is 20.6. The van der Waals surface area contributed by atoms with Gasteiger partial charge in [-0.25, -0.2) is 4.98 Å². The van der Waals surface area contributed by atoms with Crippen LogP contribution < -0.4 is 10.1 Å². The van der Waals surface area contributed by atoms with Gasteiger partial charge in [-0.1, -0.05) is 19.1 Å². The second-order valence-corrected chi connectivity index (χ2v) is 9.39. The summed E-state index contributed by atoms with van der Waals surface area (Å²) in [7, 11) is 1.73. The Morgan fingerprint density at radius 1 is 1.00 bits per heavy atom. The average molecular weight is 418 g/mol. The van der Waals surface area contributed by atoms with Crippen molar-refractivity contribution in [2.75, 3.05) is 38.6 Å². The number of aromatic nitrogens is 1. The Labute approximate surface area is 186 Å². The topological polar surface area (TPSA) is 37.4 Å². The van der Waals surface area contributed by atoms with Gasteiger partial charge in [-0.15, -0.1) is 0 Å². The van der Waals surface area contributed by atoms with Crippen LogP contribution in [-0.4, -0.2) is 43.2 Å². The molecule has 2 aromatic carbocycles. The molecular formula is C27H35N3O. The van der Waals surface area contributed by atoms with Gasteiger partial charge >= 0.3 is 0 Å². The van der Waals surface area contributed by atoms with Crippen molar-refractivity contribution in [2.45, 2.75) is 51.4 Å². The number of ether oxygens (including phenoxy) is 1. The van der Waals surface area contributed by atoms with Gasteiger partial charge < -0.3 is 15.0 Å². The highest BCUT2D eigenvalue weighted by atomic mass is 16.5. The number of anilines is 1. The fraction of sp³-hybridized carbons (Fsp3) is 0.519. The van der Waals surface area contributed by atoms with Gasteiger partial charge in [0.2, 0.25) is 0 Å². The number of hydrogen-bond donors (Lipinski definition) is 1. The highest BCUT2D eigenvalue weighted by Gasteiger charge is 2.24. The highest BCUT2D eigenvalue weighted by molar-refractivity contribution is 6.08. The molecule has 31 heavy (non-hydrogen) atoms. The van der Waals surface area contributed by atoms with Gasteiger partial charge in [0.25, 0.3) is 0 Å². The van der Waals surface area contributed by atoms with Crippen molar-refractivity contribution in [3.05, 3.63) is 42.0 Å². The predicted octanol–water partition coefficient (Wildman–Crippen LogP) is 6.20. The number of methoxy groups -OCH3 is 1. The van der Waals surface area contributed by atoms with Crippen LogP contribution in [-0.2, 0) is 0 Å². The van der Waals surface area contributed by atoms with Crippen molar-refractivity contribution < 1.29 is 4.74 Å². The average Bonchev–Trinajstić information content (AvgIpc) is 3.71. The van der Waals surface area contributed by atoms with Crippen LogP contribution in [0.3, 0.4) is 0 Å². The molecule has 0 radical (unpaired) electrons. The van der Waals surface area contributed by atoms with E-state index in [1.165, 1.54) is 74.8 Å². The second-order valence-electron chi connectivity index (χ2n) is 9.39. The van der Waals surface area contributed by atoms with Crippen LogP contribution in [0.4, 0.5) is 5.69 Å². The normalized spacial score (nSPS) is 16.4. The quantitative estimate of drug-likeness (QED) is 0.298. The lowest BCUT2D eigenvalue weighted by Crippen LogP contribution is -2.27. The molecule has 164 valence electrons. The molecule has 0 unspecified atom stereocenters. The lowest BCUT2D eigenvalue weighted by molar-refractivity contribution is 0.272. The first-order valence-electron chi connectivity index (χ1n) is 12.1. The van der Waals surface area contributed by atoms with E-state index >= 15 is 0 Å². The molecule has 0 bridgehead atoms. The first-order chi connectivity index (χ1) is 15.2. The maximum Gasteiger partial charge on any atom is 0.119 e. The summed E-state index contributed by atoms with van der Waals surface area (Å²) in [6.45, 7) is 6.96. The van der Waals surface area contributed by atoms with E-state index in [1.54, 1.807) is 7.11 Å². The predicted molar refractivity (Wildman–Crippen MR) is 130 cm³/mol. The standard InChI is InChI=1S/C27H35N3O/c1-3-30(18-19-6-7-19)15-5-4-14-28-27-23-12-10-21(20-8-9-20)16-26(23)29-25-13-11-22(31-2)17-24(25)27/h10-13,16-17,19-20H,3-9,14-15,18H2,1-2H3,(H,28,29). The van der Waals surface area contributed by atoms with E-state index in [2.05, 4.69) is 47.5 Å². The molecule has 4 nitrogen and oxygen atoms in total. The van der Waals surface area contributed by atoms with Crippen LogP contribution in [0.5, 0.6) is 5.75 Å². The number of fused-ring (bicyclic) bond motifs is 2. The molecule has 1 aromatic heterocycles. The van der Waals surface area contributed by atoms with Crippen LogP contribution in [0.15, 0.2) is 36.4 Å². The maximum absolute atomic E-state index is 5.51. The molecule has 0 amide bonds. The smallest absolute Gasteiger partial charge is 0.119 e. The molecule has 2 saturated carbocycles. The molecular weight excluding hydrogens is 382 g/mol. The lowest BCUT2D eigenvalue weighted by Gasteiger charge is -2.20. The fourth-order valence-electron chi connectivity index (χ4n) is 4.65. The van der Waals surface area contributed by atoms with Crippen molar-refractivity contribution in [2.24, 2.45) is 5.92 Å². The molecule has 0 saturated heterocycles. The molecule has 2 fully saturated rings. The molecule has 0 atom stereocenters. The van der Waals surface area contributed by atoms with E-state index in [0.29, 0.717) is 0 Å². The number of nitrogens with one attached hydrogen (secondary N) is 1. The van der Waals surface area contributed by atoms with E-state index < -0.39 is 0 Å². The van der Waals surface area contributed by atoms with Gasteiger partial charge in [0.05, 0.1) is 23.8 Å². The third kappa shape index (κ3) is 4.79. The minimum Gasteiger partial charge on any atom is -0.497 e. The SMILES string of the molecule is CCN(CCCCNc1c2ccc(C3CC3)cc2nc2ccc(OC)cc12)CC1CC1. The van der Waals surface area contributed by atoms with Crippen LogP contribution >= 0.6 is 0 Å². The molecule has 1 N–H and O–H groups in total. The van der Waals surface area contributed by atoms with Crippen LogP contribution in [0, 0.1) is 5.92 Å². The summed E-state index contributed by atoms with van der Waals surface area (Å²) < 4.78 is 5.51. The number of hydrogen-bond acceptors (Lipinski definition) is 4. The zero-order valence-electron chi connectivity index (χ0n) is 19.0. The Bertz CT molecular complexity index is 1060. The van der Waals surface area contributed by atoms with Gasteiger partial charge in [-0.3, -0.25) is 0 Å².